The number of amides is 1. The Bertz CT molecular complexity index is 195. The van der Waals surface area contributed by atoms with Gasteiger partial charge in [-0.25, -0.2) is 0 Å². The van der Waals surface area contributed by atoms with Gasteiger partial charge in [-0.2, -0.15) is 0 Å². The fourth-order valence-corrected chi connectivity index (χ4v) is 1.25. The van der Waals surface area contributed by atoms with E-state index in [-0.39, 0.29) is 18.6 Å². The van der Waals surface area contributed by atoms with Gasteiger partial charge in [-0.3, -0.25) is 4.79 Å². The molecule has 96 valence electrons. The first kappa shape index (κ1) is 15.4. The second-order valence-electron chi connectivity index (χ2n) is 4.62. The Labute approximate surface area is 98.4 Å². The maximum Gasteiger partial charge on any atom is 0.246 e. The molecule has 0 spiro atoms. The highest BCUT2D eigenvalue weighted by atomic mass is 16.5. The lowest BCUT2D eigenvalue weighted by atomic mass is 10.1. The SMILES string of the molecule is CCC(C)OCC(=O)NCC(O)CC(C)C. The summed E-state index contributed by atoms with van der Waals surface area (Å²) in [5, 5.41) is 12.2. The molecule has 0 rings (SSSR count). The monoisotopic (exact) mass is 231 g/mol. The second kappa shape index (κ2) is 8.53. The van der Waals surface area contributed by atoms with Crippen molar-refractivity contribution in [1.29, 1.82) is 0 Å². The largest absolute Gasteiger partial charge is 0.391 e. The number of carbonyl (C=O) groups excluding carboxylic acids is 1. The van der Waals surface area contributed by atoms with Gasteiger partial charge in [-0.1, -0.05) is 20.8 Å². The lowest BCUT2D eigenvalue weighted by Gasteiger charge is -2.15. The van der Waals surface area contributed by atoms with Crippen LogP contribution in [0.2, 0.25) is 0 Å². The summed E-state index contributed by atoms with van der Waals surface area (Å²) in [6, 6.07) is 0. The van der Waals surface area contributed by atoms with Crippen molar-refractivity contribution in [2.24, 2.45) is 5.92 Å². The number of hydrogen-bond donors (Lipinski definition) is 2. The fourth-order valence-electron chi connectivity index (χ4n) is 1.25. The lowest BCUT2D eigenvalue weighted by molar-refractivity contribution is -0.127. The molecule has 0 aromatic carbocycles. The van der Waals surface area contributed by atoms with Gasteiger partial charge in [-0.05, 0) is 25.7 Å². The molecule has 0 heterocycles. The molecule has 0 aromatic heterocycles. The van der Waals surface area contributed by atoms with E-state index in [1.807, 2.05) is 27.7 Å². The van der Waals surface area contributed by atoms with Crippen molar-refractivity contribution in [2.75, 3.05) is 13.2 Å². The number of aliphatic hydroxyl groups excluding tert-OH is 1. The van der Waals surface area contributed by atoms with Crippen LogP contribution in [0, 0.1) is 5.92 Å². The summed E-state index contributed by atoms with van der Waals surface area (Å²) < 4.78 is 5.27. The van der Waals surface area contributed by atoms with Crippen LogP contribution in [0.4, 0.5) is 0 Å². The van der Waals surface area contributed by atoms with Crippen LogP contribution in [-0.4, -0.2) is 36.4 Å². The zero-order chi connectivity index (χ0) is 12.6. The number of rotatable bonds is 8. The van der Waals surface area contributed by atoms with Crippen LogP contribution in [-0.2, 0) is 9.53 Å². The Morgan fingerprint density at radius 3 is 2.50 bits per heavy atom. The standard InChI is InChI=1S/C12H25NO3/c1-5-10(4)16-8-12(15)13-7-11(14)6-9(2)3/h9-11,14H,5-8H2,1-4H3,(H,13,15). The molecule has 0 saturated carbocycles. The summed E-state index contributed by atoms with van der Waals surface area (Å²) in [7, 11) is 0. The lowest BCUT2D eigenvalue weighted by Crippen LogP contribution is -2.35. The quantitative estimate of drug-likeness (QED) is 0.662. The summed E-state index contributed by atoms with van der Waals surface area (Å²) in [5.41, 5.74) is 0. The van der Waals surface area contributed by atoms with E-state index in [1.165, 1.54) is 0 Å². The first-order valence-electron chi connectivity index (χ1n) is 6.02. The van der Waals surface area contributed by atoms with E-state index in [0.29, 0.717) is 18.9 Å². The molecular formula is C12H25NO3. The van der Waals surface area contributed by atoms with Crippen LogP contribution < -0.4 is 5.32 Å². The molecule has 2 unspecified atom stereocenters. The topological polar surface area (TPSA) is 58.6 Å². The molecule has 0 aromatic rings. The molecular weight excluding hydrogens is 206 g/mol. The fraction of sp³-hybridized carbons (Fsp3) is 0.917. The first-order chi connectivity index (χ1) is 7.45. The molecule has 2 atom stereocenters. The number of aliphatic hydroxyl groups is 1. The minimum absolute atomic E-state index is 0.0728. The zero-order valence-electron chi connectivity index (χ0n) is 10.8. The van der Waals surface area contributed by atoms with Gasteiger partial charge in [0.15, 0.2) is 0 Å². The van der Waals surface area contributed by atoms with Crippen molar-refractivity contribution in [2.45, 2.75) is 52.7 Å². The number of nitrogens with one attached hydrogen (secondary N) is 1. The Balaban J connectivity index is 3.57. The average molecular weight is 231 g/mol. The van der Waals surface area contributed by atoms with Crippen molar-refractivity contribution in [1.82, 2.24) is 5.32 Å². The molecule has 4 heteroatoms. The van der Waals surface area contributed by atoms with Crippen molar-refractivity contribution in [3.63, 3.8) is 0 Å². The molecule has 1 amide bonds. The average Bonchev–Trinajstić information content (AvgIpc) is 2.22. The molecule has 0 aliphatic carbocycles. The Morgan fingerprint density at radius 1 is 1.38 bits per heavy atom. The smallest absolute Gasteiger partial charge is 0.246 e. The van der Waals surface area contributed by atoms with Gasteiger partial charge in [-0.15, -0.1) is 0 Å². The van der Waals surface area contributed by atoms with E-state index in [9.17, 15) is 9.90 Å². The van der Waals surface area contributed by atoms with Gasteiger partial charge in [0.25, 0.3) is 0 Å². The van der Waals surface area contributed by atoms with E-state index in [4.69, 9.17) is 4.74 Å². The molecule has 0 radical (unpaired) electrons. The van der Waals surface area contributed by atoms with Gasteiger partial charge in [0, 0.05) is 6.54 Å². The van der Waals surface area contributed by atoms with Crippen LogP contribution in [0.1, 0.15) is 40.5 Å². The van der Waals surface area contributed by atoms with Crippen LogP contribution in [0.15, 0.2) is 0 Å². The summed E-state index contributed by atoms with van der Waals surface area (Å²) in [6.45, 7) is 8.40. The molecule has 0 saturated heterocycles. The Kier molecular flexibility index (Phi) is 8.21. The minimum Gasteiger partial charge on any atom is -0.391 e. The summed E-state index contributed by atoms with van der Waals surface area (Å²) in [4.78, 5) is 11.3. The van der Waals surface area contributed by atoms with Crippen LogP contribution in [0.5, 0.6) is 0 Å². The van der Waals surface area contributed by atoms with Gasteiger partial charge in [0.05, 0.1) is 12.2 Å². The number of carbonyl (C=O) groups is 1. The predicted molar refractivity (Wildman–Crippen MR) is 64.2 cm³/mol. The van der Waals surface area contributed by atoms with E-state index in [1.54, 1.807) is 0 Å². The van der Waals surface area contributed by atoms with Crippen LogP contribution >= 0.6 is 0 Å². The highest BCUT2D eigenvalue weighted by Gasteiger charge is 2.09. The van der Waals surface area contributed by atoms with Gasteiger partial charge < -0.3 is 15.2 Å². The third-order valence-electron chi connectivity index (χ3n) is 2.35. The molecule has 2 N–H and O–H groups in total. The van der Waals surface area contributed by atoms with Crippen molar-refractivity contribution >= 4 is 5.91 Å². The normalized spacial score (nSPS) is 14.9. The van der Waals surface area contributed by atoms with Gasteiger partial charge in [0.2, 0.25) is 5.91 Å². The maximum atomic E-state index is 11.3. The maximum absolute atomic E-state index is 11.3. The van der Waals surface area contributed by atoms with E-state index >= 15 is 0 Å². The Hall–Kier alpha value is -0.610. The van der Waals surface area contributed by atoms with E-state index in [2.05, 4.69) is 5.32 Å². The first-order valence-corrected chi connectivity index (χ1v) is 6.02. The number of hydrogen-bond acceptors (Lipinski definition) is 3. The summed E-state index contributed by atoms with van der Waals surface area (Å²) in [6.07, 6.45) is 1.23. The number of ether oxygens (including phenoxy) is 1. The predicted octanol–water partition coefficient (Wildman–Crippen LogP) is 1.32. The van der Waals surface area contributed by atoms with Crippen LogP contribution in [0.25, 0.3) is 0 Å². The van der Waals surface area contributed by atoms with E-state index in [0.717, 1.165) is 6.42 Å². The van der Waals surface area contributed by atoms with Gasteiger partial charge in [0.1, 0.15) is 6.61 Å². The summed E-state index contributed by atoms with van der Waals surface area (Å²) >= 11 is 0. The van der Waals surface area contributed by atoms with Crippen molar-refractivity contribution in [3.8, 4) is 0 Å². The van der Waals surface area contributed by atoms with E-state index < -0.39 is 6.10 Å². The third kappa shape index (κ3) is 8.68. The highest BCUT2D eigenvalue weighted by molar-refractivity contribution is 5.77. The Morgan fingerprint density at radius 2 is 2.00 bits per heavy atom. The molecule has 4 nitrogen and oxygen atoms in total. The molecule has 16 heavy (non-hydrogen) atoms. The molecule has 0 aliphatic rings. The summed E-state index contributed by atoms with van der Waals surface area (Å²) in [5.74, 6) is 0.270. The minimum atomic E-state index is -0.465. The zero-order valence-corrected chi connectivity index (χ0v) is 10.8. The van der Waals surface area contributed by atoms with Crippen molar-refractivity contribution < 1.29 is 14.6 Å². The van der Waals surface area contributed by atoms with Crippen LogP contribution in [0.3, 0.4) is 0 Å². The molecule has 0 bridgehead atoms. The molecule has 0 aliphatic heterocycles. The molecule has 0 fully saturated rings. The third-order valence-corrected chi connectivity index (χ3v) is 2.35. The van der Waals surface area contributed by atoms with Crippen molar-refractivity contribution in [3.05, 3.63) is 0 Å². The van der Waals surface area contributed by atoms with Gasteiger partial charge >= 0.3 is 0 Å². The highest BCUT2D eigenvalue weighted by Crippen LogP contribution is 2.03. The second-order valence-corrected chi connectivity index (χ2v) is 4.62.